The predicted octanol–water partition coefficient (Wildman–Crippen LogP) is 4.88. The zero-order valence-electron chi connectivity index (χ0n) is 21.1. The number of amides is 1. The van der Waals surface area contributed by atoms with Crippen molar-refractivity contribution in [2.75, 3.05) is 13.2 Å². The van der Waals surface area contributed by atoms with Gasteiger partial charge >= 0.3 is 5.97 Å². The first-order valence-electron chi connectivity index (χ1n) is 12.6. The highest BCUT2D eigenvalue weighted by Gasteiger charge is 2.38. The fourth-order valence-electron chi connectivity index (χ4n) is 4.87. The van der Waals surface area contributed by atoms with E-state index >= 15 is 0 Å². The van der Waals surface area contributed by atoms with E-state index in [0.717, 1.165) is 33.6 Å². The molecule has 0 spiro atoms. The molecule has 1 amide bonds. The van der Waals surface area contributed by atoms with Crippen molar-refractivity contribution in [2.24, 2.45) is 0 Å². The summed E-state index contributed by atoms with van der Waals surface area (Å²) in [5.74, 6) is -1.10. The molecule has 9 heteroatoms. The quantitative estimate of drug-likeness (QED) is 0.295. The average Bonchev–Trinajstić information content (AvgIpc) is 3.52. The SMILES string of the molecule is O=C(COC(=O)CC1c2ccccc2CCN1S(=O)(=O)c1cccs1)NC(c1ccccc1)c1ccccc1. The molecule has 0 bridgehead atoms. The van der Waals surface area contributed by atoms with Crippen molar-refractivity contribution in [3.63, 3.8) is 0 Å². The van der Waals surface area contributed by atoms with Crippen molar-refractivity contribution >= 4 is 33.2 Å². The zero-order chi connectivity index (χ0) is 27.2. The Bertz CT molecular complexity index is 1480. The summed E-state index contributed by atoms with van der Waals surface area (Å²) in [6.07, 6.45) is 0.352. The Morgan fingerprint density at radius 1 is 0.897 bits per heavy atom. The summed E-state index contributed by atoms with van der Waals surface area (Å²) >= 11 is 1.14. The van der Waals surface area contributed by atoms with Gasteiger partial charge in [-0.05, 0) is 40.1 Å². The Labute approximate surface area is 232 Å². The first kappa shape index (κ1) is 26.8. The van der Waals surface area contributed by atoms with Gasteiger partial charge < -0.3 is 10.1 Å². The smallest absolute Gasteiger partial charge is 0.308 e. The number of carbonyl (C=O) groups excluding carboxylic acids is 2. The number of benzene rings is 3. The van der Waals surface area contributed by atoms with Crippen molar-refractivity contribution in [1.82, 2.24) is 9.62 Å². The van der Waals surface area contributed by atoms with E-state index in [-0.39, 0.29) is 17.2 Å². The first-order chi connectivity index (χ1) is 18.9. The van der Waals surface area contributed by atoms with Gasteiger partial charge in [0.05, 0.1) is 18.5 Å². The number of nitrogens with zero attached hydrogens (tertiary/aromatic N) is 1. The average molecular weight is 561 g/mol. The maximum Gasteiger partial charge on any atom is 0.308 e. The van der Waals surface area contributed by atoms with Gasteiger partial charge in [0.1, 0.15) is 4.21 Å². The number of hydrogen-bond donors (Lipinski definition) is 1. The van der Waals surface area contributed by atoms with E-state index in [0.29, 0.717) is 6.42 Å². The van der Waals surface area contributed by atoms with Crippen LogP contribution >= 0.6 is 11.3 Å². The number of carbonyl (C=O) groups is 2. The van der Waals surface area contributed by atoms with Crippen LogP contribution in [0.5, 0.6) is 0 Å². The second-order valence-corrected chi connectivity index (χ2v) is 12.3. The van der Waals surface area contributed by atoms with Gasteiger partial charge in [-0.3, -0.25) is 9.59 Å². The molecule has 1 atom stereocenters. The van der Waals surface area contributed by atoms with E-state index < -0.39 is 40.6 Å². The summed E-state index contributed by atoms with van der Waals surface area (Å²) in [6.45, 7) is -0.216. The molecule has 1 aliphatic rings. The van der Waals surface area contributed by atoms with Crippen LogP contribution < -0.4 is 5.32 Å². The van der Waals surface area contributed by atoms with E-state index in [1.54, 1.807) is 17.5 Å². The molecule has 4 aromatic rings. The Hall–Kier alpha value is -3.79. The summed E-state index contributed by atoms with van der Waals surface area (Å²) in [5, 5.41) is 4.67. The minimum Gasteiger partial charge on any atom is -0.456 e. The van der Waals surface area contributed by atoms with Crippen molar-refractivity contribution in [2.45, 2.75) is 29.1 Å². The lowest BCUT2D eigenvalue weighted by atomic mass is 9.92. The highest BCUT2D eigenvalue weighted by molar-refractivity contribution is 7.91. The number of esters is 1. The van der Waals surface area contributed by atoms with Crippen LogP contribution in [0.3, 0.4) is 0 Å². The molecule has 39 heavy (non-hydrogen) atoms. The van der Waals surface area contributed by atoms with Gasteiger partial charge in [-0.25, -0.2) is 8.42 Å². The van der Waals surface area contributed by atoms with Crippen LogP contribution in [0.1, 0.15) is 40.8 Å². The number of hydrogen-bond acceptors (Lipinski definition) is 6. The number of thiophene rings is 1. The molecule has 7 nitrogen and oxygen atoms in total. The number of rotatable bonds is 9. The standard InChI is InChI=1S/C30H28N2O5S2/c33-27(31-30(23-11-3-1-4-12-23)24-13-5-2-6-14-24)21-37-28(34)20-26-25-15-8-7-10-22(25)17-18-32(26)39(35,36)29-16-9-19-38-29/h1-16,19,26,30H,17-18,20-21H2,(H,31,33). The van der Waals surface area contributed by atoms with Crippen molar-refractivity contribution < 1.29 is 22.7 Å². The minimum absolute atomic E-state index is 0.199. The monoisotopic (exact) mass is 560 g/mol. The normalized spacial score (nSPS) is 15.5. The van der Waals surface area contributed by atoms with Crippen LogP contribution in [-0.2, 0) is 30.8 Å². The topological polar surface area (TPSA) is 92.8 Å². The summed E-state index contributed by atoms with van der Waals surface area (Å²) < 4.78 is 33.8. The molecular weight excluding hydrogens is 532 g/mol. The Morgan fingerprint density at radius 2 is 1.54 bits per heavy atom. The first-order valence-corrected chi connectivity index (χ1v) is 14.9. The van der Waals surface area contributed by atoms with Gasteiger partial charge in [0.15, 0.2) is 6.61 Å². The number of nitrogens with one attached hydrogen (secondary N) is 1. The predicted molar refractivity (Wildman–Crippen MR) is 150 cm³/mol. The molecule has 2 heterocycles. The Morgan fingerprint density at radius 3 is 2.18 bits per heavy atom. The van der Waals surface area contributed by atoms with E-state index in [1.807, 2.05) is 84.9 Å². The van der Waals surface area contributed by atoms with Gasteiger partial charge in [-0.2, -0.15) is 4.31 Å². The molecule has 0 aliphatic carbocycles. The largest absolute Gasteiger partial charge is 0.456 e. The molecule has 1 aliphatic heterocycles. The lowest BCUT2D eigenvalue weighted by Crippen LogP contribution is -2.41. The molecule has 3 aromatic carbocycles. The number of sulfonamides is 1. The van der Waals surface area contributed by atoms with Crippen LogP contribution in [0.15, 0.2) is 107 Å². The van der Waals surface area contributed by atoms with E-state index in [4.69, 9.17) is 4.74 Å². The van der Waals surface area contributed by atoms with Crippen LogP contribution in [0.25, 0.3) is 0 Å². The summed E-state index contributed by atoms with van der Waals surface area (Å²) in [7, 11) is -3.80. The van der Waals surface area contributed by atoms with Gasteiger partial charge in [-0.15, -0.1) is 11.3 Å². The van der Waals surface area contributed by atoms with Crippen LogP contribution in [-0.4, -0.2) is 37.8 Å². The third-order valence-electron chi connectivity index (χ3n) is 6.72. The second kappa shape index (κ2) is 11.9. The second-order valence-electron chi connectivity index (χ2n) is 9.20. The Balaban J connectivity index is 1.29. The van der Waals surface area contributed by atoms with Gasteiger partial charge in [0.25, 0.3) is 15.9 Å². The fourth-order valence-corrected chi connectivity index (χ4v) is 7.59. The molecular formula is C30H28N2O5S2. The lowest BCUT2D eigenvalue weighted by Gasteiger charge is -2.35. The lowest BCUT2D eigenvalue weighted by molar-refractivity contribution is -0.149. The molecule has 1 aromatic heterocycles. The molecule has 1 unspecified atom stereocenters. The van der Waals surface area contributed by atoms with E-state index in [9.17, 15) is 18.0 Å². The van der Waals surface area contributed by atoms with E-state index in [2.05, 4.69) is 5.32 Å². The highest BCUT2D eigenvalue weighted by Crippen LogP contribution is 2.37. The molecule has 5 rings (SSSR count). The van der Waals surface area contributed by atoms with Crippen molar-refractivity contribution in [1.29, 1.82) is 0 Å². The maximum absolute atomic E-state index is 13.4. The number of ether oxygens (including phenoxy) is 1. The Kier molecular flexibility index (Phi) is 8.21. The summed E-state index contributed by atoms with van der Waals surface area (Å²) in [6, 6.07) is 28.7. The maximum atomic E-state index is 13.4. The molecule has 0 saturated heterocycles. The third kappa shape index (κ3) is 6.11. The molecule has 200 valence electrons. The van der Waals surface area contributed by atoms with Gasteiger partial charge in [0, 0.05) is 6.54 Å². The van der Waals surface area contributed by atoms with Crippen molar-refractivity contribution in [3.05, 3.63) is 125 Å². The highest BCUT2D eigenvalue weighted by atomic mass is 32.2. The van der Waals surface area contributed by atoms with Crippen molar-refractivity contribution in [3.8, 4) is 0 Å². The number of fused-ring (bicyclic) bond motifs is 1. The summed E-state index contributed by atoms with van der Waals surface area (Å²) in [5.41, 5.74) is 3.57. The van der Waals surface area contributed by atoms with Gasteiger partial charge in [-0.1, -0.05) is 91.0 Å². The van der Waals surface area contributed by atoms with E-state index in [1.165, 1.54) is 4.31 Å². The van der Waals surface area contributed by atoms with Crippen LogP contribution in [0.2, 0.25) is 0 Å². The zero-order valence-corrected chi connectivity index (χ0v) is 22.7. The third-order valence-corrected chi connectivity index (χ3v) is 10.00. The van der Waals surface area contributed by atoms with Crippen LogP contribution in [0, 0.1) is 0 Å². The minimum atomic E-state index is -3.80. The molecule has 0 fully saturated rings. The molecule has 0 saturated carbocycles. The summed E-state index contributed by atoms with van der Waals surface area (Å²) in [4.78, 5) is 25.9. The fraction of sp³-hybridized carbons (Fsp3) is 0.200. The molecule has 1 N–H and O–H groups in total. The van der Waals surface area contributed by atoms with Crippen LogP contribution in [0.4, 0.5) is 0 Å². The van der Waals surface area contributed by atoms with Gasteiger partial charge in [0.2, 0.25) is 0 Å². The molecule has 0 radical (unpaired) electrons.